The number of ether oxygens (including phenoxy) is 1. The molecule has 1 unspecified atom stereocenters. The van der Waals surface area contributed by atoms with Crippen LogP contribution in [0.4, 0.5) is 5.69 Å². The summed E-state index contributed by atoms with van der Waals surface area (Å²) < 4.78 is 4.85. The topological polar surface area (TPSA) is 55.6 Å². The third kappa shape index (κ3) is 2.48. The average Bonchev–Trinajstić information content (AvgIpc) is 2.62. The number of hydrogen-bond acceptors (Lipinski definition) is 4. The molecule has 0 spiro atoms. The van der Waals surface area contributed by atoms with Crippen LogP contribution in [0.3, 0.4) is 0 Å². The van der Waals surface area contributed by atoms with Crippen LogP contribution in [0.5, 0.6) is 0 Å². The molecular formula is C14H20N2O2. The third-order valence-corrected chi connectivity index (χ3v) is 3.47. The van der Waals surface area contributed by atoms with E-state index < -0.39 is 0 Å². The molecule has 4 heteroatoms. The van der Waals surface area contributed by atoms with Crippen LogP contribution in [-0.4, -0.2) is 32.2 Å². The Bertz CT molecular complexity index is 420. The number of fused-ring (bicyclic) bond motifs is 1. The molecule has 2 N–H and O–H groups in total. The number of esters is 1. The highest BCUT2D eigenvalue weighted by Crippen LogP contribution is 2.27. The second-order valence-corrected chi connectivity index (χ2v) is 4.55. The van der Waals surface area contributed by atoms with Gasteiger partial charge >= 0.3 is 5.97 Å². The Morgan fingerprint density at radius 2 is 2.22 bits per heavy atom. The zero-order chi connectivity index (χ0) is 13.0. The minimum Gasteiger partial charge on any atom is -0.467 e. The lowest BCUT2D eigenvalue weighted by molar-refractivity contribution is -0.142. The van der Waals surface area contributed by atoms with Crippen molar-refractivity contribution in [2.75, 3.05) is 25.1 Å². The van der Waals surface area contributed by atoms with Crippen LogP contribution in [0.25, 0.3) is 0 Å². The maximum absolute atomic E-state index is 11.8. The van der Waals surface area contributed by atoms with Gasteiger partial charge in [-0.2, -0.15) is 0 Å². The number of nitrogens with zero attached hydrogens (tertiary/aromatic N) is 1. The summed E-state index contributed by atoms with van der Waals surface area (Å²) >= 11 is 0. The number of methoxy groups -OCH3 is 1. The molecular weight excluding hydrogens is 228 g/mol. The van der Waals surface area contributed by atoms with Crippen LogP contribution in [0.1, 0.15) is 18.4 Å². The Morgan fingerprint density at radius 1 is 1.44 bits per heavy atom. The average molecular weight is 248 g/mol. The summed E-state index contributed by atoms with van der Waals surface area (Å²) in [6.45, 7) is 1.13. The minimum absolute atomic E-state index is 0.255. The molecule has 0 radical (unpaired) electrons. The fourth-order valence-corrected chi connectivity index (χ4v) is 2.53. The Kier molecular flexibility index (Phi) is 4.20. The van der Waals surface area contributed by atoms with Gasteiger partial charge < -0.3 is 15.4 Å². The second-order valence-electron chi connectivity index (χ2n) is 4.55. The number of benzene rings is 1. The number of nitrogens with two attached hydrogens (primary N) is 1. The fourth-order valence-electron chi connectivity index (χ4n) is 2.53. The lowest BCUT2D eigenvalue weighted by Gasteiger charge is -2.31. The molecule has 2 rings (SSSR count). The van der Waals surface area contributed by atoms with Gasteiger partial charge in [0.15, 0.2) is 0 Å². The van der Waals surface area contributed by atoms with Crippen molar-refractivity contribution in [1.82, 2.24) is 0 Å². The Morgan fingerprint density at radius 3 is 2.94 bits per heavy atom. The Hall–Kier alpha value is -1.55. The normalized spacial score (nSPS) is 16.7. The second kappa shape index (κ2) is 5.87. The number of carbonyl (C=O) groups is 1. The highest BCUT2D eigenvalue weighted by molar-refractivity contribution is 5.81. The molecule has 4 nitrogen and oxygen atoms in total. The molecule has 1 aromatic carbocycles. The van der Waals surface area contributed by atoms with E-state index in [-0.39, 0.29) is 18.6 Å². The molecule has 1 aliphatic rings. The first-order valence-electron chi connectivity index (χ1n) is 6.40. The first-order valence-corrected chi connectivity index (χ1v) is 6.40. The fraction of sp³-hybridized carbons (Fsp3) is 0.500. The zero-order valence-electron chi connectivity index (χ0n) is 10.8. The summed E-state index contributed by atoms with van der Waals surface area (Å²) in [5, 5.41) is 0. The summed E-state index contributed by atoms with van der Waals surface area (Å²) in [5.41, 5.74) is 8.16. The summed E-state index contributed by atoms with van der Waals surface area (Å²) in [5.74, 6) is -0.255. The standard InChI is InChI=1S/C14H20N2O2/c1-18-14(17)13(10-15)16-9-5-4-7-11-6-2-3-8-12(11)16/h2-3,6,8,13H,4-5,7,9-10,15H2,1H3. The van der Waals surface area contributed by atoms with Gasteiger partial charge in [-0.1, -0.05) is 18.2 Å². The first-order chi connectivity index (χ1) is 8.77. The molecule has 1 aliphatic heterocycles. The molecule has 1 aromatic rings. The summed E-state index contributed by atoms with van der Waals surface area (Å²) in [7, 11) is 1.41. The quantitative estimate of drug-likeness (QED) is 0.820. The van der Waals surface area contributed by atoms with E-state index in [4.69, 9.17) is 10.5 Å². The number of aryl methyl sites for hydroxylation is 1. The first kappa shape index (κ1) is 12.9. The van der Waals surface area contributed by atoms with Gasteiger partial charge in [-0.3, -0.25) is 0 Å². The number of para-hydroxylation sites is 1. The van der Waals surface area contributed by atoms with Crippen molar-refractivity contribution in [3.05, 3.63) is 29.8 Å². The molecule has 0 fully saturated rings. The van der Waals surface area contributed by atoms with Crippen LogP contribution in [0, 0.1) is 0 Å². The molecule has 98 valence electrons. The highest BCUT2D eigenvalue weighted by atomic mass is 16.5. The Balaban J connectivity index is 2.34. The monoisotopic (exact) mass is 248 g/mol. The number of carbonyl (C=O) groups excluding carboxylic acids is 1. The molecule has 0 aromatic heterocycles. The molecule has 1 atom stereocenters. The summed E-state index contributed by atoms with van der Waals surface area (Å²) in [4.78, 5) is 13.9. The van der Waals surface area contributed by atoms with Crippen LogP contribution in [0.2, 0.25) is 0 Å². The van der Waals surface area contributed by atoms with Gasteiger partial charge in [0.05, 0.1) is 7.11 Å². The van der Waals surface area contributed by atoms with E-state index in [1.165, 1.54) is 12.7 Å². The summed E-state index contributed by atoms with van der Waals surface area (Å²) in [6, 6.07) is 7.85. The molecule has 0 aliphatic carbocycles. The molecule has 1 heterocycles. The van der Waals surface area contributed by atoms with Gasteiger partial charge in [-0.15, -0.1) is 0 Å². The minimum atomic E-state index is -0.380. The zero-order valence-corrected chi connectivity index (χ0v) is 10.8. The van der Waals surface area contributed by atoms with Crippen molar-refractivity contribution in [3.8, 4) is 0 Å². The predicted octanol–water partition coefficient (Wildman–Crippen LogP) is 1.33. The van der Waals surface area contributed by atoms with Crippen LogP contribution >= 0.6 is 0 Å². The Labute approximate surface area is 108 Å². The molecule has 0 saturated heterocycles. The largest absolute Gasteiger partial charge is 0.467 e. The van der Waals surface area contributed by atoms with Crippen LogP contribution < -0.4 is 10.6 Å². The van der Waals surface area contributed by atoms with Gasteiger partial charge in [0.25, 0.3) is 0 Å². The van der Waals surface area contributed by atoms with Crippen molar-refractivity contribution in [2.24, 2.45) is 5.73 Å². The van der Waals surface area contributed by atoms with E-state index in [1.54, 1.807) is 0 Å². The predicted molar refractivity (Wildman–Crippen MR) is 71.6 cm³/mol. The third-order valence-electron chi connectivity index (χ3n) is 3.47. The smallest absolute Gasteiger partial charge is 0.329 e. The van der Waals surface area contributed by atoms with Gasteiger partial charge in [-0.05, 0) is 30.9 Å². The SMILES string of the molecule is COC(=O)C(CN)N1CCCCc2ccccc21. The van der Waals surface area contributed by atoms with Crippen LogP contribution in [0.15, 0.2) is 24.3 Å². The maximum atomic E-state index is 11.8. The molecule has 18 heavy (non-hydrogen) atoms. The van der Waals surface area contributed by atoms with Crippen LogP contribution in [-0.2, 0) is 16.0 Å². The van der Waals surface area contributed by atoms with Crippen molar-refractivity contribution < 1.29 is 9.53 Å². The van der Waals surface area contributed by atoms with E-state index in [0.29, 0.717) is 0 Å². The van der Waals surface area contributed by atoms with E-state index >= 15 is 0 Å². The van der Waals surface area contributed by atoms with Gasteiger partial charge in [0, 0.05) is 18.8 Å². The number of anilines is 1. The van der Waals surface area contributed by atoms with Crippen molar-refractivity contribution in [3.63, 3.8) is 0 Å². The molecule has 0 bridgehead atoms. The van der Waals surface area contributed by atoms with Crippen molar-refractivity contribution in [1.29, 1.82) is 0 Å². The van der Waals surface area contributed by atoms with E-state index in [2.05, 4.69) is 17.0 Å². The van der Waals surface area contributed by atoms with E-state index in [1.807, 2.05) is 12.1 Å². The van der Waals surface area contributed by atoms with Gasteiger partial charge in [0.1, 0.15) is 6.04 Å². The highest BCUT2D eigenvalue weighted by Gasteiger charge is 2.27. The van der Waals surface area contributed by atoms with Crippen molar-refractivity contribution >= 4 is 11.7 Å². The number of rotatable bonds is 3. The maximum Gasteiger partial charge on any atom is 0.329 e. The van der Waals surface area contributed by atoms with Crippen molar-refractivity contribution in [2.45, 2.75) is 25.3 Å². The lowest BCUT2D eigenvalue weighted by atomic mass is 10.1. The molecule has 0 amide bonds. The number of hydrogen-bond donors (Lipinski definition) is 1. The van der Waals surface area contributed by atoms with E-state index in [9.17, 15) is 4.79 Å². The van der Waals surface area contributed by atoms with Gasteiger partial charge in [0.2, 0.25) is 0 Å². The molecule has 0 saturated carbocycles. The van der Waals surface area contributed by atoms with E-state index in [0.717, 1.165) is 31.5 Å². The lowest BCUT2D eigenvalue weighted by Crippen LogP contribution is -2.47. The van der Waals surface area contributed by atoms with Gasteiger partial charge in [-0.25, -0.2) is 4.79 Å². The summed E-state index contributed by atoms with van der Waals surface area (Å²) in [6.07, 6.45) is 3.28.